The second kappa shape index (κ2) is 9.40. The Balaban J connectivity index is 0.000000341. The average Bonchev–Trinajstić information content (AvgIpc) is 2.53. The summed E-state index contributed by atoms with van der Waals surface area (Å²) in [6, 6.07) is 18.4. The second-order valence-electron chi connectivity index (χ2n) is 6.66. The fourth-order valence-corrected chi connectivity index (χ4v) is 2.26. The molecule has 1 unspecified atom stereocenters. The topological polar surface area (TPSA) is 52.2 Å². The van der Waals surface area contributed by atoms with E-state index < -0.39 is 11.3 Å². The first kappa shape index (κ1) is 20.1. The predicted molar refractivity (Wildman–Crippen MR) is 102 cm³/mol. The summed E-state index contributed by atoms with van der Waals surface area (Å²) in [4.78, 5) is 0. The van der Waals surface area contributed by atoms with Gasteiger partial charge in [0.2, 0.25) is 0 Å². The van der Waals surface area contributed by atoms with Crippen molar-refractivity contribution >= 4 is 16.8 Å². The third-order valence-corrected chi connectivity index (χ3v) is 3.83. The van der Waals surface area contributed by atoms with Gasteiger partial charge in [-0.15, -0.1) is 0 Å². The molecule has 0 heterocycles. The summed E-state index contributed by atoms with van der Waals surface area (Å²) < 4.78 is 23.0. The third-order valence-electron chi connectivity index (χ3n) is 3.52. The van der Waals surface area contributed by atoms with Crippen molar-refractivity contribution in [2.45, 2.75) is 40.0 Å². The Kier molecular flexibility index (Phi) is 7.89. The van der Waals surface area contributed by atoms with Crippen LogP contribution >= 0.6 is 0 Å². The first-order chi connectivity index (χ1) is 11.2. The Labute approximate surface area is 148 Å². The Morgan fingerprint density at radius 2 is 1.58 bits per heavy atom. The van der Waals surface area contributed by atoms with Crippen LogP contribution in [0.4, 0.5) is 0 Å². The summed E-state index contributed by atoms with van der Waals surface area (Å²) in [5.74, 6) is 0. The molecule has 2 aromatic rings. The van der Waals surface area contributed by atoms with E-state index in [-0.39, 0.29) is 5.41 Å². The van der Waals surface area contributed by atoms with Gasteiger partial charge in [-0.1, -0.05) is 80.9 Å². The lowest BCUT2D eigenvalue weighted by Crippen LogP contribution is -2.11. The second-order valence-corrected chi connectivity index (χ2v) is 7.37. The summed E-state index contributed by atoms with van der Waals surface area (Å²) in [7, 11) is 0. The van der Waals surface area contributed by atoms with Crippen LogP contribution in [-0.2, 0) is 16.7 Å². The fraction of sp³-hybridized carbons (Fsp3) is 0.300. The van der Waals surface area contributed by atoms with Gasteiger partial charge in [-0.2, -0.15) is 0 Å². The molecule has 1 atom stereocenters. The molecule has 0 saturated heterocycles. The number of hydrogen-bond acceptors (Lipinski definition) is 2. The van der Waals surface area contributed by atoms with Crippen LogP contribution < -0.4 is 4.72 Å². The monoisotopic (exact) mass is 344 g/mol. The summed E-state index contributed by atoms with van der Waals surface area (Å²) in [5.41, 5.74) is 4.60. The molecule has 0 aliphatic rings. The van der Waals surface area contributed by atoms with Crippen molar-refractivity contribution in [3.63, 3.8) is 0 Å². The maximum atomic E-state index is 10.4. The summed E-state index contributed by atoms with van der Waals surface area (Å²) in [6.07, 6.45) is 1.48. The zero-order valence-corrected chi connectivity index (χ0v) is 15.8. The molecule has 1 N–H and O–H groups in total. The van der Waals surface area contributed by atoms with Crippen molar-refractivity contribution in [1.82, 2.24) is 4.72 Å². The van der Waals surface area contributed by atoms with Crippen molar-refractivity contribution in [3.8, 4) is 0 Å². The minimum atomic E-state index is -2.25. The van der Waals surface area contributed by atoms with Crippen molar-refractivity contribution in [2.75, 3.05) is 0 Å². The van der Waals surface area contributed by atoms with Gasteiger partial charge in [0.25, 0.3) is 0 Å². The first-order valence-electron chi connectivity index (χ1n) is 7.85. The van der Waals surface area contributed by atoms with Gasteiger partial charge in [0.1, 0.15) is 0 Å². The highest BCUT2D eigenvalue weighted by Crippen LogP contribution is 2.23. The van der Waals surface area contributed by atoms with E-state index in [0.717, 1.165) is 11.1 Å². The molecule has 0 radical (unpaired) electrons. The van der Waals surface area contributed by atoms with Crippen LogP contribution in [0.1, 0.15) is 44.4 Å². The zero-order chi connectivity index (χ0) is 18.2. The van der Waals surface area contributed by atoms with Gasteiger partial charge in [0.05, 0.1) is 0 Å². The van der Waals surface area contributed by atoms with Gasteiger partial charge in [-0.25, -0.2) is 0 Å². The first-order valence-corrected chi connectivity index (χ1v) is 8.92. The molecular weight excluding hydrogens is 318 g/mol. The Morgan fingerprint density at radius 3 is 1.96 bits per heavy atom. The average molecular weight is 345 g/mol. The molecule has 2 aromatic carbocycles. The standard InChI is InChI=1S/C13H19NO2S.C7H8/c1-10(9-14-17(15)16)11-5-7-12(8-6-11)13(2,3)4;1-7-5-3-2-4-6-7/h5-9,14H,1-4H3,(H,15,16);2-6H,1H3/p-1. The summed E-state index contributed by atoms with van der Waals surface area (Å²) >= 11 is -2.25. The van der Waals surface area contributed by atoms with E-state index >= 15 is 0 Å². The molecule has 24 heavy (non-hydrogen) atoms. The molecule has 0 saturated carbocycles. The Morgan fingerprint density at radius 1 is 1.04 bits per heavy atom. The molecule has 0 bridgehead atoms. The van der Waals surface area contributed by atoms with E-state index in [1.807, 2.05) is 37.3 Å². The Hall–Kier alpha value is -1.91. The van der Waals surface area contributed by atoms with Crippen LogP contribution in [0.15, 0.2) is 60.8 Å². The van der Waals surface area contributed by atoms with Crippen LogP contribution in [0.3, 0.4) is 0 Å². The van der Waals surface area contributed by atoms with Crippen molar-refractivity contribution in [2.24, 2.45) is 0 Å². The number of aryl methyl sites for hydroxylation is 1. The lowest BCUT2D eigenvalue weighted by molar-refractivity contribution is 0.531. The molecular formula is C20H26NO2S-. The molecule has 0 aromatic heterocycles. The summed E-state index contributed by atoms with van der Waals surface area (Å²) in [5, 5.41) is 0. The molecule has 4 heteroatoms. The Bertz CT molecular complexity index is 671. The van der Waals surface area contributed by atoms with Crippen LogP contribution in [0, 0.1) is 6.92 Å². The van der Waals surface area contributed by atoms with E-state index in [0.29, 0.717) is 0 Å². The molecule has 0 amide bonds. The lowest BCUT2D eigenvalue weighted by Gasteiger charge is -2.19. The minimum Gasteiger partial charge on any atom is -0.755 e. The smallest absolute Gasteiger partial charge is 0.0442 e. The number of allylic oxidation sites excluding steroid dienone is 1. The highest BCUT2D eigenvalue weighted by atomic mass is 32.2. The largest absolute Gasteiger partial charge is 0.755 e. The zero-order valence-electron chi connectivity index (χ0n) is 15.0. The van der Waals surface area contributed by atoms with Crippen LogP contribution in [-0.4, -0.2) is 8.76 Å². The highest BCUT2D eigenvalue weighted by molar-refractivity contribution is 7.77. The van der Waals surface area contributed by atoms with E-state index in [9.17, 15) is 8.76 Å². The van der Waals surface area contributed by atoms with Gasteiger partial charge in [-0.05, 0) is 36.0 Å². The van der Waals surface area contributed by atoms with Crippen LogP contribution in [0.5, 0.6) is 0 Å². The fourth-order valence-electron chi connectivity index (χ4n) is 1.99. The maximum absolute atomic E-state index is 10.4. The lowest BCUT2D eigenvalue weighted by atomic mass is 9.86. The minimum absolute atomic E-state index is 0.130. The number of rotatable bonds is 3. The number of benzene rings is 2. The molecule has 0 aliphatic carbocycles. The van der Waals surface area contributed by atoms with Crippen LogP contribution in [0.2, 0.25) is 0 Å². The summed E-state index contributed by atoms with van der Waals surface area (Å²) in [6.45, 7) is 10.4. The van der Waals surface area contributed by atoms with Gasteiger partial charge >= 0.3 is 0 Å². The van der Waals surface area contributed by atoms with E-state index in [1.165, 1.54) is 17.3 Å². The van der Waals surface area contributed by atoms with Gasteiger partial charge in [-0.3, -0.25) is 4.21 Å². The number of nitrogens with one attached hydrogen (secondary N) is 1. The van der Waals surface area contributed by atoms with Gasteiger partial charge in [0.15, 0.2) is 0 Å². The third kappa shape index (κ3) is 7.57. The van der Waals surface area contributed by atoms with E-state index in [1.54, 1.807) is 0 Å². The van der Waals surface area contributed by atoms with Crippen molar-refractivity contribution < 1.29 is 8.76 Å². The molecule has 0 aliphatic heterocycles. The van der Waals surface area contributed by atoms with Crippen molar-refractivity contribution in [3.05, 3.63) is 77.5 Å². The van der Waals surface area contributed by atoms with Crippen molar-refractivity contribution in [1.29, 1.82) is 0 Å². The molecule has 3 nitrogen and oxygen atoms in total. The number of hydrogen-bond donors (Lipinski definition) is 1. The van der Waals surface area contributed by atoms with E-state index in [4.69, 9.17) is 0 Å². The molecule has 2 rings (SSSR count). The maximum Gasteiger partial charge on any atom is 0.0442 e. The molecule has 130 valence electrons. The molecule has 0 fully saturated rings. The molecule has 0 spiro atoms. The van der Waals surface area contributed by atoms with E-state index in [2.05, 4.69) is 56.7 Å². The quantitative estimate of drug-likeness (QED) is 0.819. The van der Waals surface area contributed by atoms with Gasteiger partial charge < -0.3 is 9.27 Å². The normalized spacial score (nSPS) is 12.8. The highest BCUT2D eigenvalue weighted by Gasteiger charge is 2.12. The SMILES string of the molecule is CC(=CNS(=O)[O-])c1ccc(C(C)(C)C)cc1.Cc1ccccc1. The predicted octanol–water partition coefficient (Wildman–Crippen LogP) is 4.72. The van der Waals surface area contributed by atoms with Gasteiger partial charge in [0, 0.05) is 17.5 Å². The van der Waals surface area contributed by atoms with Crippen LogP contribution in [0.25, 0.3) is 5.57 Å².